The van der Waals surface area contributed by atoms with Gasteiger partial charge in [-0.25, -0.2) is 0 Å². The van der Waals surface area contributed by atoms with Crippen LogP contribution < -0.4 is 21.3 Å². The van der Waals surface area contributed by atoms with E-state index in [0.717, 1.165) is 99.0 Å². The maximum absolute atomic E-state index is 8.13. The van der Waals surface area contributed by atoms with Crippen LogP contribution in [0.25, 0.3) is 150 Å². The van der Waals surface area contributed by atoms with Gasteiger partial charge >= 0.3 is 0 Å². The molecule has 0 spiro atoms. The van der Waals surface area contributed by atoms with Gasteiger partial charge in [0.15, 0.2) is 0 Å². The van der Waals surface area contributed by atoms with E-state index in [2.05, 4.69) is 332 Å². The SMILES string of the molecule is CC1(C)c2ccccc2-c2cc(Nc3ccc4c(c3)oc3ccccc34)ccc21.[2H]c1c([2H])c([2H])c(Nc2ccc3c(c2)sc2c(-c4ccccc4)cccc23)c([2H])c1[2H].c1ccc(-c2ccc(Nc3ccc4c(c3)oc3c5ccccc5ccc43)c3ccccc23)cc1.c1ccc(Nc2ccc3sc4ccc(-c5ccccc5)cc4c3c2)cc1. The van der Waals surface area contributed by atoms with E-state index in [-0.39, 0.29) is 35.3 Å². The number of anilines is 8. The van der Waals surface area contributed by atoms with Gasteiger partial charge < -0.3 is 30.1 Å². The number of thiophene rings is 2. The van der Waals surface area contributed by atoms with E-state index in [1.807, 2.05) is 84.1 Å². The number of para-hydroxylation sites is 3. The van der Waals surface area contributed by atoms with E-state index in [0.29, 0.717) is 5.69 Å². The van der Waals surface area contributed by atoms with Gasteiger partial charge in [0.05, 0.1) is 6.85 Å². The minimum absolute atomic E-state index is 0.0393. The van der Waals surface area contributed by atoms with E-state index >= 15 is 0 Å². The highest BCUT2D eigenvalue weighted by Crippen LogP contribution is 2.50. The molecule has 1 aliphatic carbocycles. The summed E-state index contributed by atoms with van der Waals surface area (Å²) in [6, 6.07) is 128. The molecule has 0 fully saturated rings. The molecular formula is C107H76N4O2S2. The zero-order valence-electron chi connectivity index (χ0n) is 67.9. The molecule has 0 aliphatic heterocycles. The van der Waals surface area contributed by atoms with Gasteiger partial charge in [-0.1, -0.05) is 281 Å². The normalized spacial score (nSPS) is 12.6. The Hall–Kier alpha value is -14.3. The predicted molar refractivity (Wildman–Crippen MR) is 494 cm³/mol. The molecule has 0 radical (unpaired) electrons. The van der Waals surface area contributed by atoms with Crippen molar-refractivity contribution < 1.29 is 15.7 Å². The molecule has 4 N–H and O–H groups in total. The lowest BCUT2D eigenvalue weighted by atomic mass is 9.82. The summed E-state index contributed by atoms with van der Waals surface area (Å²) in [6.07, 6.45) is 0. The highest BCUT2D eigenvalue weighted by Gasteiger charge is 2.35. The van der Waals surface area contributed by atoms with Crippen molar-refractivity contribution >= 4 is 174 Å². The third-order valence-electron chi connectivity index (χ3n) is 21.9. The Morgan fingerprint density at radius 3 is 1.56 bits per heavy atom. The van der Waals surface area contributed by atoms with Crippen LogP contribution in [0.4, 0.5) is 45.5 Å². The molecule has 22 aromatic rings. The zero-order valence-corrected chi connectivity index (χ0v) is 64.5. The number of furan rings is 2. The highest BCUT2D eigenvalue weighted by atomic mass is 32.1. The topological polar surface area (TPSA) is 74.4 Å². The molecule has 0 unspecified atom stereocenters. The van der Waals surface area contributed by atoms with Gasteiger partial charge in [-0.2, -0.15) is 0 Å². The second-order valence-electron chi connectivity index (χ2n) is 29.4. The summed E-state index contributed by atoms with van der Waals surface area (Å²) in [5.74, 6) is 0. The molecule has 18 aromatic carbocycles. The molecule has 1 aliphatic rings. The number of hydrogen-bond acceptors (Lipinski definition) is 8. The van der Waals surface area contributed by atoms with Crippen LogP contribution in [0.3, 0.4) is 0 Å². The minimum atomic E-state index is -0.394. The maximum Gasteiger partial charge on any atom is 0.143 e. The molecule has 0 bridgehead atoms. The van der Waals surface area contributed by atoms with Gasteiger partial charge in [0.1, 0.15) is 22.3 Å². The second kappa shape index (κ2) is 30.1. The van der Waals surface area contributed by atoms with Crippen LogP contribution in [-0.2, 0) is 5.41 Å². The highest BCUT2D eigenvalue weighted by molar-refractivity contribution is 7.26. The van der Waals surface area contributed by atoms with Crippen LogP contribution in [0.15, 0.2) is 409 Å². The Morgan fingerprint density at radius 1 is 0.261 bits per heavy atom. The van der Waals surface area contributed by atoms with E-state index in [4.69, 9.17) is 15.7 Å². The number of hydrogen-bond donors (Lipinski definition) is 4. The Bertz CT molecular complexity index is 7690. The van der Waals surface area contributed by atoms with E-state index < -0.39 is 6.04 Å². The first-order valence-corrected chi connectivity index (χ1v) is 40.2. The molecule has 6 nitrogen and oxygen atoms in total. The van der Waals surface area contributed by atoms with Crippen molar-refractivity contribution in [2.45, 2.75) is 19.3 Å². The van der Waals surface area contributed by atoms with E-state index in [1.165, 1.54) is 96.5 Å². The zero-order chi connectivity index (χ0) is 81.1. The summed E-state index contributed by atoms with van der Waals surface area (Å²) >= 11 is 3.54. The van der Waals surface area contributed by atoms with Crippen LogP contribution in [0.2, 0.25) is 0 Å². The molecule has 23 rings (SSSR count). The Labute approximate surface area is 681 Å². The van der Waals surface area contributed by atoms with Gasteiger partial charge in [0, 0.05) is 136 Å². The van der Waals surface area contributed by atoms with Crippen molar-refractivity contribution in [3.8, 4) is 44.5 Å². The smallest absolute Gasteiger partial charge is 0.143 e. The van der Waals surface area contributed by atoms with Gasteiger partial charge in [-0.15, -0.1) is 22.7 Å². The van der Waals surface area contributed by atoms with Crippen molar-refractivity contribution in [2.24, 2.45) is 0 Å². The monoisotopic (exact) mass is 1520 g/mol. The molecule has 0 amide bonds. The first-order chi connectivity index (χ1) is 58.8. The van der Waals surface area contributed by atoms with Crippen molar-refractivity contribution in [3.63, 3.8) is 0 Å². The van der Waals surface area contributed by atoms with Gasteiger partial charge in [-0.3, -0.25) is 0 Å². The first-order valence-electron chi connectivity index (χ1n) is 41.1. The van der Waals surface area contributed by atoms with Crippen LogP contribution in [0.5, 0.6) is 0 Å². The number of benzene rings is 18. The minimum Gasteiger partial charge on any atom is -0.456 e. The number of nitrogens with one attached hydrogen (secondary N) is 4. The third-order valence-corrected chi connectivity index (χ3v) is 24.2. The molecule has 0 atom stereocenters. The van der Waals surface area contributed by atoms with Crippen molar-refractivity contribution in [1.82, 2.24) is 0 Å². The van der Waals surface area contributed by atoms with E-state index in [1.54, 1.807) is 11.3 Å². The molecule has 548 valence electrons. The number of rotatable bonds is 11. The largest absolute Gasteiger partial charge is 0.456 e. The first kappa shape index (κ1) is 64.4. The molecule has 4 aromatic heterocycles. The maximum atomic E-state index is 8.13. The molecule has 0 saturated carbocycles. The quantitative estimate of drug-likeness (QED) is 0.103. The molecule has 4 heterocycles. The summed E-state index contributed by atoms with van der Waals surface area (Å²) in [5, 5.41) is 28.0. The van der Waals surface area contributed by atoms with Gasteiger partial charge in [0.25, 0.3) is 0 Å². The summed E-state index contributed by atoms with van der Waals surface area (Å²) < 4.78 is 57.1. The van der Waals surface area contributed by atoms with E-state index in [9.17, 15) is 0 Å². The van der Waals surface area contributed by atoms with Crippen LogP contribution >= 0.6 is 22.7 Å². The third kappa shape index (κ3) is 13.7. The van der Waals surface area contributed by atoms with Crippen LogP contribution in [0, 0.1) is 0 Å². The lowest BCUT2D eigenvalue weighted by Crippen LogP contribution is -2.14. The lowest BCUT2D eigenvalue weighted by molar-refractivity contribution is 0.660. The van der Waals surface area contributed by atoms with Crippen LogP contribution in [-0.4, -0.2) is 0 Å². The average molecular weight is 1520 g/mol. The fourth-order valence-corrected chi connectivity index (χ4v) is 18.7. The fraction of sp³-hybridized carbons (Fsp3) is 0.0280. The summed E-state index contributed by atoms with van der Waals surface area (Å²) in [6.45, 7) is 4.61. The Morgan fingerprint density at radius 2 is 0.783 bits per heavy atom. The van der Waals surface area contributed by atoms with Crippen LogP contribution in [0.1, 0.15) is 31.8 Å². The van der Waals surface area contributed by atoms with Crippen molar-refractivity contribution in [1.29, 1.82) is 0 Å². The summed E-state index contributed by atoms with van der Waals surface area (Å²) in [5.41, 5.74) is 23.7. The summed E-state index contributed by atoms with van der Waals surface area (Å²) in [7, 11) is 0. The molecule has 8 heteroatoms. The number of fused-ring (bicyclic) bond motifs is 18. The van der Waals surface area contributed by atoms with Crippen molar-refractivity contribution in [3.05, 3.63) is 411 Å². The van der Waals surface area contributed by atoms with Crippen molar-refractivity contribution in [2.75, 3.05) is 21.3 Å². The Balaban J connectivity index is 0.000000103. The molecule has 0 saturated heterocycles. The summed E-state index contributed by atoms with van der Waals surface area (Å²) in [4.78, 5) is 0. The molecular weight excluding hydrogens is 1440 g/mol. The fourth-order valence-electron chi connectivity index (χ4n) is 16.3. The molecule has 115 heavy (non-hydrogen) atoms. The second-order valence-corrected chi connectivity index (χ2v) is 31.5. The van der Waals surface area contributed by atoms with Gasteiger partial charge in [0.2, 0.25) is 0 Å². The average Bonchev–Trinajstić information content (AvgIpc) is 1.58. The Kier molecular flexibility index (Phi) is 16.8. The lowest BCUT2D eigenvalue weighted by Gasteiger charge is -2.21. The van der Waals surface area contributed by atoms with Gasteiger partial charge in [-0.05, 0) is 188 Å². The standard InChI is InChI=1S/C32H21NO.C27H21NO.2C24H17NS/c1-2-8-21(9-3-1)24-18-19-30(27-13-7-6-12-26(24)27)33-23-15-17-28-29-16-14-22-10-4-5-11-25(22)32(29)34-31(28)20-23;1-27(2)23-9-5-3-7-19(23)22-15-17(12-14-24(22)27)28-18-11-13-21-20-8-4-6-10-25(20)29-26(21)16-18;1-3-8-17(9-4-1)20-12-7-13-22-21-15-14-19(16-23(21)26-24(20)22)25-18-10-5-2-6-11-18;1-3-7-17(8-4-1)18-11-13-23-21(15-18)22-16-20(12-14-24(22)26-23)25-19-9-5-2-6-10-19/h1-20,33H;3-16,28H,1-2H3;2*1-16,25H/i;;2D,5D,6D,10D,11D;. The predicted octanol–water partition coefficient (Wildman–Crippen LogP) is 31.9.